The Morgan fingerprint density at radius 2 is 1.80 bits per heavy atom. The smallest absolute Gasteiger partial charge is 0.310 e. The average molecular weight is 428 g/mol. The SMILES string of the molecule is COC(=O)Cc1cc(Br)ccc1S(=O)(=O)NCc1ccc(OC)cc1. The molecule has 0 heterocycles. The van der Waals surface area contributed by atoms with E-state index in [0.717, 1.165) is 5.56 Å². The number of hydrogen-bond acceptors (Lipinski definition) is 5. The highest BCUT2D eigenvalue weighted by Gasteiger charge is 2.20. The molecule has 134 valence electrons. The van der Waals surface area contributed by atoms with Crippen molar-refractivity contribution in [2.45, 2.75) is 17.9 Å². The van der Waals surface area contributed by atoms with Gasteiger partial charge >= 0.3 is 5.97 Å². The molecule has 2 aromatic rings. The molecule has 0 aliphatic rings. The van der Waals surface area contributed by atoms with Crippen LogP contribution in [0.2, 0.25) is 0 Å². The summed E-state index contributed by atoms with van der Waals surface area (Å²) in [5, 5.41) is 0. The van der Waals surface area contributed by atoms with Crippen molar-refractivity contribution in [2.75, 3.05) is 14.2 Å². The van der Waals surface area contributed by atoms with Crippen molar-refractivity contribution in [2.24, 2.45) is 0 Å². The molecular weight excluding hydrogens is 410 g/mol. The number of methoxy groups -OCH3 is 2. The van der Waals surface area contributed by atoms with E-state index in [2.05, 4.69) is 25.4 Å². The Morgan fingerprint density at radius 3 is 2.40 bits per heavy atom. The number of benzene rings is 2. The molecule has 6 nitrogen and oxygen atoms in total. The maximum absolute atomic E-state index is 12.6. The van der Waals surface area contributed by atoms with Gasteiger partial charge in [-0.3, -0.25) is 4.79 Å². The Bertz CT molecular complexity index is 850. The van der Waals surface area contributed by atoms with E-state index >= 15 is 0 Å². The molecule has 8 heteroatoms. The summed E-state index contributed by atoms with van der Waals surface area (Å²) in [4.78, 5) is 11.6. The van der Waals surface area contributed by atoms with Crippen LogP contribution >= 0.6 is 15.9 Å². The summed E-state index contributed by atoms with van der Waals surface area (Å²) >= 11 is 3.28. The zero-order chi connectivity index (χ0) is 18.4. The third kappa shape index (κ3) is 5.29. The van der Waals surface area contributed by atoms with Gasteiger partial charge in [-0.2, -0.15) is 0 Å². The Morgan fingerprint density at radius 1 is 1.12 bits per heavy atom. The standard InChI is InChI=1S/C17H18BrNO5S/c1-23-15-6-3-12(4-7-15)11-19-25(21,22)16-8-5-14(18)9-13(16)10-17(20)24-2/h3-9,19H,10-11H2,1-2H3. The van der Waals surface area contributed by atoms with Gasteiger partial charge in [-0.1, -0.05) is 28.1 Å². The van der Waals surface area contributed by atoms with Crippen LogP contribution in [0.15, 0.2) is 51.8 Å². The summed E-state index contributed by atoms with van der Waals surface area (Å²) in [6.45, 7) is 0.125. The molecule has 0 saturated heterocycles. The average Bonchev–Trinajstić information content (AvgIpc) is 2.60. The fourth-order valence-electron chi connectivity index (χ4n) is 2.18. The van der Waals surface area contributed by atoms with Crippen molar-refractivity contribution >= 4 is 31.9 Å². The minimum absolute atomic E-state index is 0.0506. The molecule has 0 aliphatic carbocycles. The Balaban J connectivity index is 2.21. The zero-order valence-corrected chi connectivity index (χ0v) is 16.2. The lowest BCUT2D eigenvalue weighted by Gasteiger charge is -2.12. The number of nitrogens with one attached hydrogen (secondary N) is 1. The Labute approximate surface area is 155 Å². The minimum Gasteiger partial charge on any atom is -0.497 e. The largest absolute Gasteiger partial charge is 0.497 e. The lowest BCUT2D eigenvalue weighted by molar-refractivity contribution is -0.139. The first-order valence-corrected chi connectivity index (χ1v) is 9.61. The van der Waals surface area contributed by atoms with Crippen LogP contribution in [0.1, 0.15) is 11.1 Å². The van der Waals surface area contributed by atoms with Gasteiger partial charge in [-0.25, -0.2) is 13.1 Å². The minimum atomic E-state index is -3.79. The molecule has 0 amide bonds. The fourth-order valence-corrected chi connectivity index (χ4v) is 3.82. The van der Waals surface area contributed by atoms with Gasteiger partial charge in [0.25, 0.3) is 0 Å². The molecule has 0 unspecified atom stereocenters. The second-order valence-corrected chi connectivity index (χ2v) is 7.83. The number of sulfonamides is 1. The van der Waals surface area contributed by atoms with Crippen molar-refractivity contribution in [1.82, 2.24) is 4.72 Å². The highest BCUT2D eigenvalue weighted by molar-refractivity contribution is 9.10. The normalized spacial score (nSPS) is 11.2. The zero-order valence-electron chi connectivity index (χ0n) is 13.8. The number of hydrogen-bond donors (Lipinski definition) is 1. The summed E-state index contributed by atoms with van der Waals surface area (Å²) in [6, 6.07) is 11.7. The van der Waals surface area contributed by atoms with Crippen LogP contribution in [0.5, 0.6) is 5.75 Å². The number of halogens is 1. The summed E-state index contributed by atoms with van der Waals surface area (Å²) < 4.78 is 38.2. The highest BCUT2D eigenvalue weighted by Crippen LogP contribution is 2.22. The second kappa shape index (κ2) is 8.46. The van der Waals surface area contributed by atoms with Crippen LogP contribution in [0, 0.1) is 0 Å². The summed E-state index contributed by atoms with van der Waals surface area (Å²) in [5.41, 5.74) is 1.15. The maximum atomic E-state index is 12.6. The predicted octanol–water partition coefficient (Wildman–Crippen LogP) is 2.65. The van der Waals surface area contributed by atoms with Gasteiger partial charge in [0, 0.05) is 11.0 Å². The van der Waals surface area contributed by atoms with Crippen LogP contribution in [-0.4, -0.2) is 28.6 Å². The van der Waals surface area contributed by atoms with E-state index in [4.69, 9.17) is 4.74 Å². The first-order chi connectivity index (χ1) is 11.9. The van der Waals surface area contributed by atoms with Crippen LogP contribution in [-0.2, 0) is 32.5 Å². The number of rotatable bonds is 7. The van der Waals surface area contributed by atoms with E-state index in [1.54, 1.807) is 43.5 Å². The maximum Gasteiger partial charge on any atom is 0.310 e. The van der Waals surface area contributed by atoms with Gasteiger partial charge in [0.15, 0.2) is 0 Å². The van der Waals surface area contributed by atoms with E-state index in [-0.39, 0.29) is 17.9 Å². The third-order valence-corrected chi connectivity index (χ3v) is 5.49. The number of carbonyl (C=O) groups excluding carboxylic acids is 1. The number of esters is 1. The van der Waals surface area contributed by atoms with E-state index in [1.807, 2.05) is 0 Å². The molecule has 0 atom stereocenters. The molecule has 2 aromatic carbocycles. The molecular formula is C17H18BrNO5S. The lowest BCUT2D eigenvalue weighted by atomic mass is 10.1. The second-order valence-electron chi connectivity index (χ2n) is 5.18. The van der Waals surface area contributed by atoms with Crippen LogP contribution in [0.4, 0.5) is 0 Å². The van der Waals surface area contributed by atoms with E-state index in [0.29, 0.717) is 15.8 Å². The highest BCUT2D eigenvalue weighted by atomic mass is 79.9. The third-order valence-electron chi connectivity index (χ3n) is 3.50. The number of ether oxygens (including phenoxy) is 2. The van der Waals surface area contributed by atoms with Crippen LogP contribution in [0.25, 0.3) is 0 Å². The van der Waals surface area contributed by atoms with Crippen molar-refractivity contribution in [3.8, 4) is 5.75 Å². The van der Waals surface area contributed by atoms with E-state index in [1.165, 1.54) is 13.2 Å². The van der Waals surface area contributed by atoms with Gasteiger partial charge in [0.05, 0.1) is 25.5 Å². The quantitative estimate of drug-likeness (QED) is 0.686. The van der Waals surface area contributed by atoms with E-state index in [9.17, 15) is 13.2 Å². The Kier molecular flexibility index (Phi) is 6.57. The van der Waals surface area contributed by atoms with Gasteiger partial charge in [-0.05, 0) is 41.5 Å². The summed E-state index contributed by atoms with van der Waals surface area (Å²) in [7, 11) is -0.961. The van der Waals surface area contributed by atoms with Gasteiger partial charge in [0.2, 0.25) is 10.0 Å². The predicted molar refractivity (Wildman–Crippen MR) is 96.9 cm³/mol. The van der Waals surface area contributed by atoms with Gasteiger partial charge in [-0.15, -0.1) is 0 Å². The molecule has 0 bridgehead atoms. The van der Waals surface area contributed by atoms with Crippen molar-refractivity contribution in [3.63, 3.8) is 0 Å². The lowest BCUT2D eigenvalue weighted by Crippen LogP contribution is -2.25. The molecule has 1 N–H and O–H groups in total. The first-order valence-electron chi connectivity index (χ1n) is 7.33. The van der Waals surface area contributed by atoms with Crippen molar-refractivity contribution in [3.05, 3.63) is 58.1 Å². The van der Waals surface area contributed by atoms with Crippen molar-refractivity contribution < 1.29 is 22.7 Å². The Hall–Kier alpha value is -1.90. The summed E-state index contributed by atoms with van der Waals surface area (Å²) in [5.74, 6) is 0.185. The van der Waals surface area contributed by atoms with E-state index < -0.39 is 16.0 Å². The number of carbonyl (C=O) groups is 1. The van der Waals surface area contributed by atoms with Gasteiger partial charge in [0.1, 0.15) is 5.75 Å². The monoisotopic (exact) mass is 427 g/mol. The molecule has 0 radical (unpaired) electrons. The molecule has 0 aliphatic heterocycles. The fraction of sp³-hybridized carbons (Fsp3) is 0.235. The molecule has 2 rings (SSSR count). The van der Waals surface area contributed by atoms with Crippen molar-refractivity contribution in [1.29, 1.82) is 0 Å². The van der Waals surface area contributed by atoms with Crippen LogP contribution < -0.4 is 9.46 Å². The first kappa shape index (κ1) is 19.4. The molecule has 25 heavy (non-hydrogen) atoms. The topological polar surface area (TPSA) is 81.7 Å². The van der Waals surface area contributed by atoms with Gasteiger partial charge < -0.3 is 9.47 Å². The molecule has 0 fully saturated rings. The molecule has 0 aromatic heterocycles. The van der Waals surface area contributed by atoms with Crippen LogP contribution in [0.3, 0.4) is 0 Å². The summed E-state index contributed by atoms with van der Waals surface area (Å²) in [6.07, 6.45) is -0.130. The molecule has 0 saturated carbocycles. The molecule has 0 spiro atoms.